The lowest BCUT2D eigenvalue weighted by molar-refractivity contribution is -0.134. The van der Waals surface area contributed by atoms with Gasteiger partial charge in [0.15, 0.2) is 0 Å². The van der Waals surface area contributed by atoms with E-state index >= 15 is 0 Å². The van der Waals surface area contributed by atoms with Crippen molar-refractivity contribution in [2.75, 3.05) is 19.6 Å². The molecule has 1 saturated heterocycles. The number of aliphatic hydroxyl groups is 1. The van der Waals surface area contributed by atoms with Crippen LogP contribution in [0.3, 0.4) is 0 Å². The summed E-state index contributed by atoms with van der Waals surface area (Å²) in [6.45, 7) is 2.68. The summed E-state index contributed by atoms with van der Waals surface area (Å²) in [5.74, 6) is 0.0328. The molecule has 1 aliphatic heterocycles. The molecule has 3 aromatic rings. The molecule has 0 unspecified atom stereocenters. The molecule has 1 amide bonds. The quantitative estimate of drug-likeness (QED) is 0.459. The molecule has 2 heterocycles. The Morgan fingerprint density at radius 3 is 2.59 bits per heavy atom. The van der Waals surface area contributed by atoms with Gasteiger partial charge in [-0.15, -0.1) is 11.3 Å². The number of aliphatic hydroxyl groups excluding tert-OH is 1. The van der Waals surface area contributed by atoms with Crippen LogP contribution < -0.4 is 0 Å². The van der Waals surface area contributed by atoms with E-state index in [0.29, 0.717) is 29.7 Å². The summed E-state index contributed by atoms with van der Waals surface area (Å²) >= 11 is 13.9. The van der Waals surface area contributed by atoms with Crippen molar-refractivity contribution in [2.24, 2.45) is 0 Å². The zero-order valence-corrected chi connectivity index (χ0v) is 20.0. The van der Waals surface area contributed by atoms with Gasteiger partial charge in [-0.25, -0.2) is 0 Å². The van der Waals surface area contributed by atoms with Gasteiger partial charge in [-0.2, -0.15) is 0 Å². The van der Waals surface area contributed by atoms with E-state index < -0.39 is 0 Å². The van der Waals surface area contributed by atoms with E-state index in [2.05, 4.69) is 23.1 Å². The highest BCUT2D eigenvalue weighted by atomic mass is 35.5. The Balaban J connectivity index is 1.64. The highest BCUT2D eigenvalue weighted by Crippen LogP contribution is 2.29. The van der Waals surface area contributed by atoms with Gasteiger partial charge >= 0.3 is 0 Å². The number of hydrogen-bond donors (Lipinski definition) is 1. The van der Waals surface area contributed by atoms with E-state index in [1.807, 2.05) is 40.6 Å². The fraction of sp³-hybridized carbons (Fsp3) is 0.320. The molecule has 168 valence electrons. The molecule has 0 aliphatic carbocycles. The third kappa shape index (κ3) is 5.91. The fourth-order valence-electron chi connectivity index (χ4n) is 4.15. The molecular weight excluding hydrogens is 463 g/mol. The molecule has 4 nitrogen and oxygen atoms in total. The van der Waals surface area contributed by atoms with Crippen molar-refractivity contribution in [3.63, 3.8) is 0 Å². The Morgan fingerprint density at radius 1 is 1.12 bits per heavy atom. The van der Waals surface area contributed by atoms with Crippen LogP contribution in [0.4, 0.5) is 0 Å². The van der Waals surface area contributed by atoms with Crippen molar-refractivity contribution in [1.82, 2.24) is 9.80 Å². The zero-order chi connectivity index (χ0) is 22.5. The Bertz CT molecular complexity index is 1030. The van der Waals surface area contributed by atoms with Gasteiger partial charge in [0.2, 0.25) is 5.91 Å². The van der Waals surface area contributed by atoms with Crippen LogP contribution in [0.1, 0.15) is 28.5 Å². The first-order valence-electron chi connectivity index (χ1n) is 10.7. The van der Waals surface area contributed by atoms with Crippen LogP contribution in [-0.4, -0.2) is 46.6 Å². The average Bonchev–Trinajstić information content (AvgIpc) is 3.45. The maximum Gasteiger partial charge on any atom is 0.227 e. The number of carbonyl (C=O) groups is 1. The lowest BCUT2D eigenvalue weighted by atomic mass is 10.0. The SMILES string of the molecule is O=C(Cc1ccc(Cl)c(Cl)c1)N(Cc1cccs1)[C@H](CN1CC[C@H](O)C1)c1ccccc1. The number of nitrogens with zero attached hydrogens (tertiary/aromatic N) is 2. The van der Waals surface area contributed by atoms with Crippen molar-refractivity contribution in [3.05, 3.63) is 92.1 Å². The molecule has 1 aliphatic rings. The van der Waals surface area contributed by atoms with E-state index in [4.69, 9.17) is 23.2 Å². The second kappa shape index (κ2) is 10.8. The highest BCUT2D eigenvalue weighted by molar-refractivity contribution is 7.09. The first kappa shape index (κ1) is 23.3. The second-order valence-electron chi connectivity index (χ2n) is 8.15. The molecule has 0 bridgehead atoms. The fourth-order valence-corrected chi connectivity index (χ4v) is 5.17. The normalized spacial score (nSPS) is 17.4. The highest BCUT2D eigenvalue weighted by Gasteiger charge is 2.30. The number of rotatable bonds is 8. The first-order valence-corrected chi connectivity index (χ1v) is 12.3. The number of thiophene rings is 1. The second-order valence-corrected chi connectivity index (χ2v) is 10.0. The monoisotopic (exact) mass is 488 g/mol. The van der Waals surface area contributed by atoms with E-state index in [1.165, 1.54) is 0 Å². The number of amides is 1. The van der Waals surface area contributed by atoms with Crippen molar-refractivity contribution in [3.8, 4) is 0 Å². The Morgan fingerprint density at radius 2 is 1.94 bits per heavy atom. The molecule has 1 fully saturated rings. The largest absolute Gasteiger partial charge is 0.392 e. The molecule has 4 rings (SSSR count). The van der Waals surface area contributed by atoms with Crippen molar-refractivity contribution >= 4 is 40.4 Å². The van der Waals surface area contributed by atoms with E-state index in [0.717, 1.165) is 29.0 Å². The summed E-state index contributed by atoms with van der Waals surface area (Å²) < 4.78 is 0. The van der Waals surface area contributed by atoms with Crippen LogP contribution in [0.5, 0.6) is 0 Å². The molecule has 2 aromatic carbocycles. The molecule has 1 N–H and O–H groups in total. The van der Waals surface area contributed by atoms with Gasteiger partial charge in [-0.05, 0) is 41.1 Å². The first-order chi connectivity index (χ1) is 15.5. The molecule has 0 spiro atoms. The van der Waals surface area contributed by atoms with Crippen molar-refractivity contribution in [2.45, 2.75) is 31.5 Å². The number of β-amino-alcohol motifs (C(OH)–C–C–N with tert-alkyl or cyclic N) is 1. The van der Waals surface area contributed by atoms with Gasteiger partial charge in [0, 0.05) is 24.5 Å². The third-order valence-electron chi connectivity index (χ3n) is 5.81. The van der Waals surface area contributed by atoms with Crippen LogP contribution in [0, 0.1) is 0 Å². The van der Waals surface area contributed by atoms with Gasteiger partial charge in [0.25, 0.3) is 0 Å². The topological polar surface area (TPSA) is 43.8 Å². The molecule has 0 radical (unpaired) electrons. The maximum absolute atomic E-state index is 13.7. The Hall–Kier alpha value is -1.89. The van der Waals surface area contributed by atoms with Gasteiger partial charge < -0.3 is 10.0 Å². The number of halogens is 2. The molecule has 0 saturated carbocycles. The Kier molecular flexibility index (Phi) is 7.87. The van der Waals surface area contributed by atoms with Crippen LogP contribution in [0.2, 0.25) is 10.0 Å². The smallest absolute Gasteiger partial charge is 0.227 e. The summed E-state index contributed by atoms with van der Waals surface area (Å²) in [5.41, 5.74) is 1.93. The minimum atomic E-state index is -0.302. The molecule has 1 aromatic heterocycles. The summed E-state index contributed by atoms with van der Waals surface area (Å²) in [7, 11) is 0. The lowest BCUT2D eigenvalue weighted by Crippen LogP contribution is -2.41. The number of hydrogen-bond acceptors (Lipinski definition) is 4. The van der Waals surface area contributed by atoms with Crippen LogP contribution >= 0.6 is 34.5 Å². The molecular formula is C25H26Cl2N2O2S. The molecule has 7 heteroatoms. The third-order valence-corrected chi connectivity index (χ3v) is 7.41. The number of likely N-dealkylation sites (tertiary alicyclic amines) is 1. The number of carbonyl (C=O) groups excluding carboxylic acids is 1. The van der Waals surface area contributed by atoms with Crippen molar-refractivity contribution in [1.29, 1.82) is 0 Å². The predicted octanol–water partition coefficient (Wildman–Crippen LogP) is 5.43. The summed E-state index contributed by atoms with van der Waals surface area (Å²) in [6.07, 6.45) is 0.710. The summed E-state index contributed by atoms with van der Waals surface area (Å²) in [5, 5.41) is 13.0. The van der Waals surface area contributed by atoms with E-state index in [9.17, 15) is 9.90 Å². The summed E-state index contributed by atoms with van der Waals surface area (Å²) in [6, 6.07) is 19.4. The predicted molar refractivity (Wildman–Crippen MR) is 131 cm³/mol. The standard InChI is InChI=1S/C25H26Cl2N2O2S/c26-22-9-8-18(13-23(22)27)14-25(31)29(16-21-7-4-12-32-21)24(19-5-2-1-3-6-19)17-28-11-10-20(30)15-28/h1-9,12-13,20,24,30H,10-11,14-17H2/t20-,24+/m0/s1. The Labute approximate surface area is 203 Å². The molecule has 2 atom stereocenters. The number of benzene rings is 2. The van der Waals surface area contributed by atoms with E-state index in [-0.39, 0.29) is 24.5 Å². The van der Waals surface area contributed by atoms with Crippen LogP contribution in [-0.2, 0) is 17.8 Å². The minimum absolute atomic E-state index is 0.0328. The van der Waals surface area contributed by atoms with Crippen molar-refractivity contribution < 1.29 is 9.90 Å². The summed E-state index contributed by atoms with van der Waals surface area (Å²) in [4.78, 5) is 19.0. The van der Waals surface area contributed by atoms with Crippen LogP contribution in [0.25, 0.3) is 0 Å². The van der Waals surface area contributed by atoms with E-state index in [1.54, 1.807) is 23.5 Å². The van der Waals surface area contributed by atoms with Gasteiger partial charge in [-0.1, -0.05) is 65.7 Å². The van der Waals surface area contributed by atoms with Crippen LogP contribution in [0.15, 0.2) is 66.0 Å². The minimum Gasteiger partial charge on any atom is -0.392 e. The van der Waals surface area contributed by atoms with Gasteiger partial charge in [-0.3, -0.25) is 9.69 Å². The zero-order valence-electron chi connectivity index (χ0n) is 17.7. The average molecular weight is 489 g/mol. The van der Waals surface area contributed by atoms with Gasteiger partial charge in [0.1, 0.15) is 0 Å². The lowest BCUT2D eigenvalue weighted by Gasteiger charge is -2.35. The molecule has 32 heavy (non-hydrogen) atoms. The van der Waals surface area contributed by atoms with Gasteiger partial charge in [0.05, 0.1) is 35.2 Å². The maximum atomic E-state index is 13.7.